The minimum atomic E-state index is 0.250. The van der Waals surface area contributed by atoms with Gasteiger partial charge in [-0.2, -0.15) is 0 Å². The summed E-state index contributed by atoms with van der Waals surface area (Å²) in [5.41, 5.74) is 5.49. The van der Waals surface area contributed by atoms with E-state index in [1.165, 1.54) is 5.56 Å². The molecule has 0 aliphatic heterocycles. The van der Waals surface area contributed by atoms with Gasteiger partial charge in [0.15, 0.2) is 5.89 Å². The molecule has 1 heterocycles. The molecule has 0 atom stereocenters. The Bertz CT molecular complexity index is 385. The summed E-state index contributed by atoms with van der Waals surface area (Å²) in [6, 6.07) is 10.3. The molecule has 0 radical (unpaired) electrons. The number of nitrogens with zero attached hydrogens (tertiary/aromatic N) is 1. The first-order chi connectivity index (χ1) is 7.86. The molecule has 0 saturated heterocycles. The number of oxazole rings is 1. The fraction of sp³-hybridized carbons (Fsp3) is 0.167. The number of nitrogens with two attached hydrogens (primary N) is 1. The van der Waals surface area contributed by atoms with Gasteiger partial charge in [0.05, 0.1) is 6.20 Å². The Morgan fingerprint density at radius 2 is 1.94 bits per heavy atom. The molecule has 1 aromatic heterocycles. The van der Waals surface area contributed by atoms with Crippen molar-refractivity contribution in [1.82, 2.24) is 4.98 Å². The molecule has 0 spiro atoms. The van der Waals surface area contributed by atoms with E-state index in [2.05, 4.69) is 22.9 Å². The van der Waals surface area contributed by atoms with Crippen LogP contribution in [0.4, 0.5) is 0 Å². The molecule has 0 unspecified atom stereocenters. The number of benzene rings is 1. The lowest BCUT2D eigenvalue weighted by Crippen LogP contribution is -1.90. The monoisotopic (exact) mass is 218 g/mol. The van der Waals surface area contributed by atoms with Crippen LogP contribution < -0.4 is 5.73 Å². The van der Waals surface area contributed by atoms with Gasteiger partial charge >= 0.3 is 0 Å². The summed E-state index contributed by atoms with van der Waals surface area (Å²) in [4.78, 5) is 12.6. The second-order valence-corrected chi connectivity index (χ2v) is 3.05. The first kappa shape index (κ1) is 12.0. The van der Waals surface area contributed by atoms with E-state index >= 15 is 0 Å². The van der Waals surface area contributed by atoms with Crippen LogP contribution in [-0.4, -0.2) is 11.4 Å². The molecule has 1 aromatic carbocycles. The van der Waals surface area contributed by atoms with Crippen LogP contribution in [0.2, 0.25) is 0 Å². The van der Waals surface area contributed by atoms with Crippen LogP contribution in [0.1, 0.15) is 11.5 Å². The third-order valence-corrected chi connectivity index (χ3v) is 1.95. The molecule has 4 heteroatoms. The average Bonchev–Trinajstić information content (AvgIpc) is 2.82. The summed E-state index contributed by atoms with van der Waals surface area (Å²) >= 11 is 0. The third kappa shape index (κ3) is 4.41. The van der Waals surface area contributed by atoms with E-state index in [1.807, 2.05) is 18.2 Å². The number of hydrogen-bond donors (Lipinski definition) is 1. The van der Waals surface area contributed by atoms with Crippen LogP contribution in [0.3, 0.4) is 0 Å². The Balaban J connectivity index is 0.000000386. The Morgan fingerprint density at radius 1 is 1.25 bits per heavy atom. The predicted octanol–water partition coefficient (Wildman–Crippen LogP) is 1.56. The number of aromatic nitrogens is 1. The molecule has 0 saturated carbocycles. The number of hydrogen-bond acceptors (Lipinski definition) is 3. The molecule has 84 valence electrons. The van der Waals surface area contributed by atoms with Gasteiger partial charge in [-0.3, -0.25) is 4.79 Å². The van der Waals surface area contributed by atoms with Crippen molar-refractivity contribution in [2.75, 3.05) is 0 Å². The molecule has 16 heavy (non-hydrogen) atoms. The highest BCUT2D eigenvalue weighted by Crippen LogP contribution is 2.04. The lowest BCUT2D eigenvalue weighted by molar-refractivity contribution is -0.106. The second-order valence-electron chi connectivity index (χ2n) is 3.05. The standard InChI is InChI=1S/C11H11NO.CH3NO/c1-2-4-10(5-3-1)6-7-11-12-8-9-13-11;2-1-3/h1-5,8-9H,6-7H2;1H,(H2,2,3). The molecule has 0 aliphatic carbocycles. The van der Waals surface area contributed by atoms with Crippen LogP contribution in [0.15, 0.2) is 47.2 Å². The van der Waals surface area contributed by atoms with E-state index in [9.17, 15) is 0 Å². The van der Waals surface area contributed by atoms with Gasteiger partial charge in [0.2, 0.25) is 6.41 Å². The van der Waals surface area contributed by atoms with E-state index in [-0.39, 0.29) is 6.41 Å². The summed E-state index contributed by atoms with van der Waals surface area (Å²) < 4.78 is 5.14. The predicted molar refractivity (Wildman–Crippen MR) is 60.6 cm³/mol. The Labute approximate surface area is 94.1 Å². The van der Waals surface area contributed by atoms with Crippen LogP contribution in [0.5, 0.6) is 0 Å². The molecular formula is C12H14N2O2. The van der Waals surface area contributed by atoms with Gasteiger partial charge in [-0.15, -0.1) is 0 Å². The molecule has 2 N–H and O–H groups in total. The van der Waals surface area contributed by atoms with Crippen molar-refractivity contribution >= 4 is 6.41 Å². The second kappa shape index (κ2) is 7.23. The minimum Gasteiger partial charge on any atom is -0.449 e. The van der Waals surface area contributed by atoms with Gasteiger partial charge in [-0.25, -0.2) is 4.98 Å². The first-order valence-electron chi connectivity index (χ1n) is 4.94. The van der Waals surface area contributed by atoms with Gasteiger partial charge in [-0.05, 0) is 12.0 Å². The van der Waals surface area contributed by atoms with Gasteiger partial charge in [0.1, 0.15) is 6.26 Å². The Hall–Kier alpha value is -2.10. The van der Waals surface area contributed by atoms with Gasteiger partial charge in [0, 0.05) is 6.42 Å². The van der Waals surface area contributed by atoms with Crippen LogP contribution in [0.25, 0.3) is 0 Å². The number of amides is 1. The van der Waals surface area contributed by atoms with Crippen LogP contribution in [0, 0.1) is 0 Å². The fourth-order valence-corrected chi connectivity index (χ4v) is 1.27. The van der Waals surface area contributed by atoms with Crippen molar-refractivity contribution in [3.63, 3.8) is 0 Å². The largest absolute Gasteiger partial charge is 0.449 e. The van der Waals surface area contributed by atoms with E-state index < -0.39 is 0 Å². The summed E-state index contributed by atoms with van der Waals surface area (Å²) in [5, 5.41) is 0. The Morgan fingerprint density at radius 3 is 2.50 bits per heavy atom. The molecule has 4 nitrogen and oxygen atoms in total. The van der Waals surface area contributed by atoms with Crippen molar-refractivity contribution in [2.24, 2.45) is 5.73 Å². The third-order valence-electron chi connectivity index (χ3n) is 1.95. The smallest absolute Gasteiger partial charge is 0.204 e. The van der Waals surface area contributed by atoms with Crippen molar-refractivity contribution < 1.29 is 9.21 Å². The number of aryl methyl sites for hydroxylation is 2. The minimum absolute atomic E-state index is 0.250. The van der Waals surface area contributed by atoms with E-state index in [0.29, 0.717) is 0 Å². The lowest BCUT2D eigenvalue weighted by atomic mass is 10.1. The van der Waals surface area contributed by atoms with Gasteiger partial charge in [-0.1, -0.05) is 30.3 Å². The molecule has 2 aromatic rings. The maximum Gasteiger partial charge on any atom is 0.204 e. The molecule has 0 fully saturated rings. The molecular weight excluding hydrogens is 204 g/mol. The van der Waals surface area contributed by atoms with Crippen LogP contribution in [-0.2, 0) is 17.6 Å². The van der Waals surface area contributed by atoms with Gasteiger partial charge < -0.3 is 10.2 Å². The first-order valence-corrected chi connectivity index (χ1v) is 4.94. The summed E-state index contributed by atoms with van der Waals surface area (Å²) in [6.07, 6.45) is 5.40. The molecule has 0 bridgehead atoms. The zero-order valence-corrected chi connectivity index (χ0v) is 8.87. The van der Waals surface area contributed by atoms with E-state index in [1.54, 1.807) is 12.5 Å². The van der Waals surface area contributed by atoms with Crippen molar-refractivity contribution in [2.45, 2.75) is 12.8 Å². The summed E-state index contributed by atoms with van der Waals surface area (Å²) in [5.74, 6) is 0.809. The van der Waals surface area contributed by atoms with Crippen molar-refractivity contribution in [1.29, 1.82) is 0 Å². The number of primary amides is 1. The molecule has 1 amide bonds. The number of carbonyl (C=O) groups excluding carboxylic acids is 1. The Kier molecular flexibility index (Phi) is 5.41. The fourth-order valence-electron chi connectivity index (χ4n) is 1.27. The topological polar surface area (TPSA) is 69.1 Å². The highest BCUT2D eigenvalue weighted by molar-refractivity contribution is 5.42. The van der Waals surface area contributed by atoms with Crippen LogP contribution >= 0.6 is 0 Å². The molecule has 0 aliphatic rings. The average molecular weight is 218 g/mol. The van der Waals surface area contributed by atoms with Crippen molar-refractivity contribution in [3.05, 3.63) is 54.2 Å². The van der Waals surface area contributed by atoms with Crippen molar-refractivity contribution in [3.8, 4) is 0 Å². The number of rotatable bonds is 3. The van der Waals surface area contributed by atoms with E-state index in [0.717, 1.165) is 18.7 Å². The normalized spacial score (nSPS) is 9.00. The van der Waals surface area contributed by atoms with E-state index in [4.69, 9.17) is 9.21 Å². The zero-order chi connectivity index (χ0) is 11.6. The summed E-state index contributed by atoms with van der Waals surface area (Å²) in [7, 11) is 0. The summed E-state index contributed by atoms with van der Waals surface area (Å²) in [6.45, 7) is 0. The highest BCUT2D eigenvalue weighted by atomic mass is 16.3. The van der Waals surface area contributed by atoms with Gasteiger partial charge in [0.25, 0.3) is 0 Å². The maximum absolute atomic E-state index is 8.58. The molecule has 2 rings (SSSR count). The zero-order valence-electron chi connectivity index (χ0n) is 8.87. The lowest BCUT2D eigenvalue weighted by Gasteiger charge is -1.96. The quantitative estimate of drug-likeness (QED) is 0.795. The highest BCUT2D eigenvalue weighted by Gasteiger charge is 1.97. The maximum atomic E-state index is 8.58. The number of carbonyl (C=O) groups is 1. The SMILES string of the molecule is NC=O.c1ccc(CCc2ncco2)cc1.